The summed E-state index contributed by atoms with van der Waals surface area (Å²) >= 11 is 0. The predicted molar refractivity (Wildman–Crippen MR) is 119 cm³/mol. The molecular weight excluding hydrogens is 415 g/mol. The van der Waals surface area contributed by atoms with Gasteiger partial charge in [-0.3, -0.25) is 14.4 Å². The van der Waals surface area contributed by atoms with Gasteiger partial charge in [0.25, 0.3) is 17.0 Å². The number of amides is 1. The molecule has 3 heterocycles. The molecule has 0 radical (unpaired) electrons. The van der Waals surface area contributed by atoms with E-state index in [1.54, 1.807) is 17.7 Å². The molecule has 1 fully saturated rings. The van der Waals surface area contributed by atoms with Crippen LogP contribution in [0.5, 0.6) is 0 Å². The van der Waals surface area contributed by atoms with E-state index in [0.29, 0.717) is 11.1 Å². The van der Waals surface area contributed by atoms with Crippen molar-refractivity contribution < 1.29 is 4.79 Å². The van der Waals surface area contributed by atoms with Crippen LogP contribution in [0.2, 0.25) is 0 Å². The van der Waals surface area contributed by atoms with Gasteiger partial charge in [0.15, 0.2) is 0 Å². The molecule has 2 aromatic rings. The monoisotopic (exact) mass is 442 g/mol. The largest absolute Gasteiger partial charge is 0.348 e. The number of halogens is 2. The lowest BCUT2D eigenvalue weighted by Crippen LogP contribution is -2.38. The molecule has 3 N–H and O–H groups in total. The first kappa shape index (κ1) is 24.9. The molecule has 0 bridgehead atoms. The molecule has 29 heavy (non-hydrogen) atoms. The molecule has 1 saturated heterocycles. The molecule has 2 aromatic heterocycles. The highest BCUT2D eigenvalue weighted by Crippen LogP contribution is 2.17. The molecular formula is C20H28Cl2N4O3. The van der Waals surface area contributed by atoms with Crippen molar-refractivity contribution in [3.63, 3.8) is 0 Å². The molecule has 7 nitrogen and oxygen atoms in total. The van der Waals surface area contributed by atoms with Crippen LogP contribution in [-0.4, -0.2) is 28.5 Å². The van der Waals surface area contributed by atoms with Crippen molar-refractivity contribution in [3.8, 4) is 0 Å². The number of aromatic nitrogens is 2. The molecule has 0 aromatic carbocycles. The number of hydrogen-bond acceptors (Lipinski definition) is 4. The number of hydrogen-bond donors (Lipinski definition) is 3. The van der Waals surface area contributed by atoms with Gasteiger partial charge in [-0.1, -0.05) is 0 Å². The van der Waals surface area contributed by atoms with E-state index in [0.717, 1.165) is 37.2 Å². The smallest absolute Gasteiger partial charge is 0.263 e. The zero-order chi connectivity index (χ0) is 19.6. The Bertz CT molecular complexity index is 979. The standard InChI is InChI=1S/C20H26N4O3.2ClH/c1-12-6-9-24(15-4-7-21-8-5-15)20(27)17(12)19(26)22-11-16-13(2)10-14(3)23-18(16)25;;/h6,9-10,15,21H,4-5,7-8,11H2,1-3H3,(H,22,26)(H,23,25);2*1H. The van der Waals surface area contributed by atoms with Gasteiger partial charge in [0.1, 0.15) is 5.56 Å². The molecule has 0 atom stereocenters. The topological polar surface area (TPSA) is 96.0 Å². The van der Waals surface area contributed by atoms with Gasteiger partial charge in [-0.2, -0.15) is 0 Å². The van der Waals surface area contributed by atoms with Gasteiger partial charge >= 0.3 is 0 Å². The number of piperidine rings is 1. The maximum atomic E-state index is 12.9. The number of aromatic amines is 1. The SMILES string of the molecule is Cc1cc(C)c(CNC(=O)c2c(C)ccn(C3CCNCC3)c2=O)c(=O)[nH]1.Cl.Cl. The molecule has 0 spiro atoms. The number of nitrogens with zero attached hydrogens (tertiary/aromatic N) is 1. The first-order valence-electron chi connectivity index (χ1n) is 9.28. The third-order valence-corrected chi connectivity index (χ3v) is 5.18. The van der Waals surface area contributed by atoms with Gasteiger partial charge in [-0.05, 0) is 70.0 Å². The second-order valence-electron chi connectivity index (χ2n) is 7.19. The number of carbonyl (C=O) groups is 1. The molecule has 160 valence electrons. The summed E-state index contributed by atoms with van der Waals surface area (Å²) in [5.41, 5.74) is 2.39. The second-order valence-corrected chi connectivity index (χ2v) is 7.19. The third-order valence-electron chi connectivity index (χ3n) is 5.18. The van der Waals surface area contributed by atoms with Gasteiger partial charge in [0, 0.05) is 30.0 Å². The number of pyridine rings is 2. The van der Waals surface area contributed by atoms with E-state index in [4.69, 9.17) is 0 Å². The highest BCUT2D eigenvalue weighted by Gasteiger charge is 2.21. The van der Waals surface area contributed by atoms with Gasteiger partial charge in [-0.25, -0.2) is 0 Å². The average molecular weight is 443 g/mol. The van der Waals surface area contributed by atoms with Crippen LogP contribution >= 0.6 is 24.8 Å². The Labute approximate surface area is 182 Å². The minimum atomic E-state index is -0.444. The van der Waals surface area contributed by atoms with Crippen LogP contribution in [0.1, 0.15) is 51.6 Å². The fraction of sp³-hybridized carbons (Fsp3) is 0.450. The number of rotatable bonds is 4. The lowest BCUT2D eigenvalue weighted by Gasteiger charge is -2.25. The Hall–Kier alpha value is -2.09. The fourth-order valence-corrected chi connectivity index (χ4v) is 3.65. The summed E-state index contributed by atoms with van der Waals surface area (Å²) in [6.45, 7) is 7.22. The summed E-state index contributed by atoms with van der Waals surface area (Å²) in [6, 6.07) is 3.77. The normalized spacial score (nSPS) is 13.9. The van der Waals surface area contributed by atoms with Crippen LogP contribution in [-0.2, 0) is 6.54 Å². The maximum absolute atomic E-state index is 12.9. The molecule has 1 amide bonds. The number of nitrogens with one attached hydrogen (secondary N) is 3. The molecule has 0 saturated carbocycles. The van der Waals surface area contributed by atoms with Gasteiger partial charge in [0.05, 0.1) is 0 Å². The molecule has 9 heteroatoms. The van der Waals surface area contributed by atoms with Crippen molar-refractivity contribution in [1.29, 1.82) is 0 Å². The summed E-state index contributed by atoms with van der Waals surface area (Å²) in [5, 5.41) is 6.02. The molecule has 3 rings (SSSR count). The molecule has 0 aliphatic carbocycles. The minimum Gasteiger partial charge on any atom is -0.348 e. The summed E-state index contributed by atoms with van der Waals surface area (Å²) in [7, 11) is 0. The Kier molecular flexibility index (Phi) is 9.14. The lowest BCUT2D eigenvalue weighted by atomic mass is 10.0. The number of aryl methyl sites for hydroxylation is 3. The Morgan fingerprint density at radius 1 is 1.14 bits per heavy atom. The van der Waals surface area contributed by atoms with E-state index in [2.05, 4.69) is 15.6 Å². The van der Waals surface area contributed by atoms with Crippen molar-refractivity contribution in [2.75, 3.05) is 13.1 Å². The fourth-order valence-electron chi connectivity index (χ4n) is 3.65. The quantitative estimate of drug-likeness (QED) is 0.675. The van der Waals surface area contributed by atoms with Crippen molar-refractivity contribution in [1.82, 2.24) is 20.2 Å². The van der Waals surface area contributed by atoms with Crippen molar-refractivity contribution in [2.24, 2.45) is 0 Å². The lowest BCUT2D eigenvalue weighted by molar-refractivity contribution is 0.0947. The Morgan fingerprint density at radius 2 is 1.79 bits per heavy atom. The van der Waals surface area contributed by atoms with E-state index in [1.807, 2.05) is 26.0 Å². The predicted octanol–water partition coefficient (Wildman–Crippen LogP) is 2.16. The number of H-pyrrole nitrogens is 1. The Balaban J connectivity index is 0.00000210. The van der Waals surface area contributed by atoms with Crippen LogP contribution in [0.15, 0.2) is 27.9 Å². The first-order valence-corrected chi connectivity index (χ1v) is 9.28. The first-order chi connectivity index (χ1) is 12.9. The summed E-state index contributed by atoms with van der Waals surface area (Å²) in [6.07, 6.45) is 3.50. The van der Waals surface area contributed by atoms with Crippen LogP contribution in [0.3, 0.4) is 0 Å². The van der Waals surface area contributed by atoms with Gasteiger partial charge in [0.2, 0.25) is 0 Å². The zero-order valence-corrected chi connectivity index (χ0v) is 18.5. The van der Waals surface area contributed by atoms with E-state index in [1.165, 1.54) is 0 Å². The zero-order valence-electron chi connectivity index (χ0n) is 16.8. The third kappa shape index (κ3) is 5.50. The van der Waals surface area contributed by atoms with Crippen molar-refractivity contribution in [3.05, 3.63) is 67.0 Å². The van der Waals surface area contributed by atoms with Gasteiger partial charge in [-0.15, -0.1) is 24.8 Å². The molecule has 0 unspecified atom stereocenters. The second kappa shape index (κ2) is 10.6. The van der Waals surface area contributed by atoms with Crippen LogP contribution in [0.4, 0.5) is 0 Å². The van der Waals surface area contributed by atoms with Crippen molar-refractivity contribution >= 4 is 30.7 Å². The maximum Gasteiger partial charge on any atom is 0.263 e. The summed E-state index contributed by atoms with van der Waals surface area (Å²) < 4.78 is 1.67. The minimum absolute atomic E-state index is 0. The van der Waals surface area contributed by atoms with Crippen LogP contribution in [0.25, 0.3) is 0 Å². The average Bonchev–Trinajstić information content (AvgIpc) is 2.61. The van der Waals surface area contributed by atoms with Crippen LogP contribution in [0, 0.1) is 20.8 Å². The highest BCUT2D eigenvalue weighted by atomic mass is 35.5. The molecule has 1 aliphatic heterocycles. The Morgan fingerprint density at radius 3 is 2.41 bits per heavy atom. The van der Waals surface area contributed by atoms with E-state index < -0.39 is 5.91 Å². The van der Waals surface area contributed by atoms with Gasteiger partial charge < -0.3 is 20.2 Å². The summed E-state index contributed by atoms with van der Waals surface area (Å²) in [5.74, 6) is -0.444. The van der Waals surface area contributed by atoms with Crippen molar-refractivity contribution in [2.45, 2.75) is 46.2 Å². The van der Waals surface area contributed by atoms with E-state index >= 15 is 0 Å². The van der Waals surface area contributed by atoms with E-state index in [-0.39, 0.29) is 54.1 Å². The highest BCUT2D eigenvalue weighted by molar-refractivity contribution is 5.95. The van der Waals surface area contributed by atoms with Crippen LogP contribution < -0.4 is 21.8 Å². The number of carbonyl (C=O) groups excluding carboxylic acids is 1. The summed E-state index contributed by atoms with van der Waals surface area (Å²) in [4.78, 5) is 40.5. The molecule has 1 aliphatic rings. The van der Waals surface area contributed by atoms with E-state index in [9.17, 15) is 14.4 Å².